The maximum atomic E-state index is 12.6. The van der Waals surface area contributed by atoms with Gasteiger partial charge < -0.3 is 15.4 Å². The van der Waals surface area contributed by atoms with Crippen LogP contribution in [0.25, 0.3) is 10.1 Å². The van der Waals surface area contributed by atoms with Crippen LogP contribution in [0.3, 0.4) is 0 Å². The number of carbonyl (C=O) groups is 1. The zero-order valence-corrected chi connectivity index (χ0v) is 12.1. The molecule has 3 rings (SSSR count). The molecule has 0 unspecified atom stereocenters. The summed E-state index contributed by atoms with van der Waals surface area (Å²) in [6, 6.07) is 5.74. The largest absolute Gasteiger partial charge is 0.496 e. The fourth-order valence-electron chi connectivity index (χ4n) is 2.44. The Hall–Kier alpha value is -2.01. The SMILES string of the molecule is COc1cccc2sc(C(=O)N3CC=CCC3)c(N)c12. The number of amides is 1. The van der Waals surface area contributed by atoms with Crippen molar-refractivity contribution >= 4 is 33.0 Å². The van der Waals surface area contributed by atoms with Crippen LogP contribution in [0.15, 0.2) is 30.4 Å². The Balaban J connectivity index is 2.06. The van der Waals surface area contributed by atoms with Gasteiger partial charge in [-0.15, -0.1) is 11.3 Å². The number of fused-ring (bicyclic) bond motifs is 1. The number of methoxy groups -OCH3 is 1. The number of hydrogen-bond acceptors (Lipinski definition) is 4. The number of thiophene rings is 1. The lowest BCUT2D eigenvalue weighted by molar-refractivity contribution is 0.0777. The lowest BCUT2D eigenvalue weighted by atomic mass is 10.2. The van der Waals surface area contributed by atoms with Crippen molar-refractivity contribution in [3.63, 3.8) is 0 Å². The fraction of sp³-hybridized carbons (Fsp3) is 0.267. The average Bonchev–Trinajstić information content (AvgIpc) is 2.85. The van der Waals surface area contributed by atoms with Crippen LogP contribution in [0, 0.1) is 0 Å². The number of ether oxygens (including phenoxy) is 1. The average molecular weight is 288 g/mol. The van der Waals surface area contributed by atoms with E-state index in [1.165, 1.54) is 11.3 Å². The van der Waals surface area contributed by atoms with E-state index in [-0.39, 0.29) is 5.91 Å². The molecule has 2 N–H and O–H groups in total. The van der Waals surface area contributed by atoms with Crippen LogP contribution in [-0.4, -0.2) is 31.0 Å². The highest BCUT2D eigenvalue weighted by atomic mass is 32.1. The number of nitrogens with zero attached hydrogens (tertiary/aromatic N) is 1. The molecule has 0 spiro atoms. The smallest absolute Gasteiger partial charge is 0.266 e. The maximum Gasteiger partial charge on any atom is 0.266 e. The summed E-state index contributed by atoms with van der Waals surface area (Å²) >= 11 is 1.43. The first-order valence-corrected chi connectivity index (χ1v) is 7.33. The summed E-state index contributed by atoms with van der Waals surface area (Å²) in [5.41, 5.74) is 6.72. The molecule has 1 aromatic carbocycles. The molecule has 4 nitrogen and oxygen atoms in total. The second-order valence-electron chi connectivity index (χ2n) is 4.69. The number of anilines is 1. The van der Waals surface area contributed by atoms with Gasteiger partial charge in [0.25, 0.3) is 5.91 Å². The monoisotopic (exact) mass is 288 g/mol. The van der Waals surface area contributed by atoms with Crippen LogP contribution < -0.4 is 10.5 Å². The van der Waals surface area contributed by atoms with Gasteiger partial charge in [0, 0.05) is 17.8 Å². The number of hydrogen-bond donors (Lipinski definition) is 1. The third-order valence-corrected chi connectivity index (χ3v) is 4.63. The van der Waals surface area contributed by atoms with Gasteiger partial charge in [0.05, 0.1) is 18.2 Å². The van der Waals surface area contributed by atoms with E-state index in [1.807, 2.05) is 29.2 Å². The number of rotatable bonds is 2. The quantitative estimate of drug-likeness (QED) is 0.864. The normalized spacial score (nSPS) is 14.8. The van der Waals surface area contributed by atoms with Crippen LogP contribution >= 0.6 is 11.3 Å². The Morgan fingerprint density at radius 1 is 1.40 bits per heavy atom. The van der Waals surface area contributed by atoms with Gasteiger partial charge in [-0.3, -0.25) is 4.79 Å². The minimum Gasteiger partial charge on any atom is -0.496 e. The van der Waals surface area contributed by atoms with Crippen molar-refractivity contribution < 1.29 is 9.53 Å². The number of nitrogens with two attached hydrogens (primary N) is 1. The molecular weight excluding hydrogens is 272 g/mol. The molecule has 0 aliphatic carbocycles. The van der Waals surface area contributed by atoms with Crippen LogP contribution in [-0.2, 0) is 0 Å². The fourth-order valence-corrected chi connectivity index (χ4v) is 3.55. The van der Waals surface area contributed by atoms with E-state index in [0.717, 1.165) is 23.1 Å². The molecule has 1 amide bonds. The Labute approximate surface area is 121 Å². The Morgan fingerprint density at radius 3 is 2.95 bits per heavy atom. The molecule has 1 aromatic heterocycles. The Bertz CT molecular complexity index is 690. The molecular formula is C15H16N2O2S. The lowest BCUT2D eigenvalue weighted by Crippen LogP contribution is -2.33. The highest BCUT2D eigenvalue weighted by molar-refractivity contribution is 7.21. The predicted octanol–water partition coefficient (Wildman–Crippen LogP) is 2.89. The molecule has 20 heavy (non-hydrogen) atoms. The van der Waals surface area contributed by atoms with Gasteiger partial charge in [-0.2, -0.15) is 0 Å². The number of carbonyl (C=O) groups excluding carboxylic acids is 1. The molecule has 0 bridgehead atoms. The molecule has 5 heteroatoms. The third kappa shape index (κ3) is 2.04. The summed E-state index contributed by atoms with van der Waals surface area (Å²) in [5, 5.41) is 0.843. The van der Waals surface area contributed by atoms with E-state index in [1.54, 1.807) is 7.11 Å². The summed E-state index contributed by atoms with van der Waals surface area (Å²) in [6.45, 7) is 1.41. The van der Waals surface area contributed by atoms with Crippen molar-refractivity contribution in [2.75, 3.05) is 25.9 Å². The summed E-state index contributed by atoms with van der Waals surface area (Å²) in [4.78, 5) is 15.0. The highest BCUT2D eigenvalue weighted by Gasteiger charge is 2.23. The van der Waals surface area contributed by atoms with E-state index < -0.39 is 0 Å². The van der Waals surface area contributed by atoms with E-state index in [9.17, 15) is 4.79 Å². The molecule has 104 valence electrons. The first-order valence-electron chi connectivity index (χ1n) is 6.51. The predicted molar refractivity (Wildman–Crippen MR) is 82.4 cm³/mol. The molecule has 0 saturated heterocycles. The molecule has 1 aliphatic heterocycles. The van der Waals surface area contributed by atoms with Crippen LogP contribution in [0.4, 0.5) is 5.69 Å². The Morgan fingerprint density at radius 2 is 2.25 bits per heavy atom. The van der Waals surface area contributed by atoms with E-state index in [0.29, 0.717) is 22.9 Å². The van der Waals surface area contributed by atoms with Gasteiger partial charge >= 0.3 is 0 Å². The van der Waals surface area contributed by atoms with Gasteiger partial charge in [0.2, 0.25) is 0 Å². The van der Waals surface area contributed by atoms with Crippen molar-refractivity contribution in [2.24, 2.45) is 0 Å². The minimum absolute atomic E-state index is 0.00935. The minimum atomic E-state index is 0.00935. The summed E-state index contributed by atoms with van der Waals surface area (Å²) in [5.74, 6) is 0.726. The van der Waals surface area contributed by atoms with Gasteiger partial charge in [-0.25, -0.2) is 0 Å². The molecule has 1 aliphatic rings. The highest BCUT2D eigenvalue weighted by Crippen LogP contribution is 2.39. The molecule has 0 radical (unpaired) electrons. The summed E-state index contributed by atoms with van der Waals surface area (Å²) < 4.78 is 6.32. The third-order valence-electron chi connectivity index (χ3n) is 3.47. The zero-order valence-electron chi connectivity index (χ0n) is 11.3. The first-order chi connectivity index (χ1) is 9.72. The molecule has 0 atom stereocenters. The lowest BCUT2D eigenvalue weighted by Gasteiger charge is -2.22. The summed E-state index contributed by atoms with van der Waals surface area (Å²) in [7, 11) is 1.61. The number of benzene rings is 1. The van der Waals surface area contributed by atoms with Gasteiger partial charge in [0.15, 0.2) is 0 Å². The van der Waals surface area contributed by atoms with Crippen molar-refractivity contribution in [1.82, 2.24) is 4.90 Å². The summed E-state index contributed by atoms with van der Waals surface area (Å²) in [6.07, 6.45) is 5.02. The van der Waals surface area contributed by atoms with Gasteiger partial charge in [0.1, 0.15) is 10.6 Å². The van der Waals surface area contributed by atoms with Gasteiger partial charge in [-0.1, -0.05) is 18.2 Å². The van der Waals surface area contributed by atoms with Crippen molar-refractivity contribution in [1.29, 1.82) is 0 Å². The molecule has 0 saturated carbocycles. The van der Waals surface area contributed by atoms with Crippen LogP contribution in [0.5, 0.6) is 5.75 Å². The topological polar surface area (TPSA) is 55.6 Å². The second kappa shape index (κ2) is 5.17. The van der Waals surface area contributed by atoms with Crippen LogP contribution in [0.2, 0.25) is 0 Å². The van der Waals surface area contributed by atoms with Crippen molar-refractivity contribution in [3.8, 4) is 5.75 Å². The van der Waals surface area contributed by atoms with E-state index >= 15 is 0 Å². The van der Waals surface area contributed by atoms with E-state index in [4.69, 9.17) is 10.5 Å². The van der Waals surface area contributed by atoms with Gasteiger partial charge in [-0.05, 0) is 18.6 Å². The second-order valence-corrected chi connectivity index (χ2v) is 5.74. The maximum absolute atomic E-state index is 12.6. The van der Waals surface area contributed by atoms with Crippen LogP contribution in [0.1, 0.15) is 16.1 Å². The standard InChI is InChI=1S/C15H16N2O2S/c1-19-10-6-5-7-11-12(10)13(16)14(20-11)15(18)17-8-3-2-4-9-17/h2-3,5-7H,4,8-9,16H2,1H3. The Kier molecular flexibility index (Phi) is 3.36. The molecule has 2 aromatic rings. The van der Waals surface area contributed by atoms with E-state index in [2.05, 4.69) is 6.08 Å². The van der Waals surface area contributed by atoms with Crippen molar-refractivity contribution in [2.45, 2.75) is 6.42 Å². The number of nitrogen functional groups attached to an aromatic ring is 1. The van der Waals surface area contributed by atoms with Crippen molar-refractivity contribution in [3.05, 3.63) is 35.2 Å². The molecule has 2 heterocycles. The molecule has 0 fully saturated rings. The zero-order chi connectivity index (χ0) is 14.1. The first kappa shape index (κ1) is 13.0.